The van der Waals surface area contributed by atoms with Crippen molar-refractivity contribution in [3.8, 4) is 22.6 Å². The van der Waals surface area contributed by atoms with Crippen LogP contribution in [0.25, 0.3) is 22.0 Å². The number of methoxy groups -OCH3 is 2. The normalized spacial score (nSPS) is 11.4. The Kier molecular flexibility index (Phi) is 5.11. The van der Waals surface area contributed by atoms with Crippen LogP contribution in [0.5, 0.6) is 11.5 Å². The molecular formula is C22H21N3O4S. The summed E-state index contributed by atoms with van der Waals surface area (Å²) >= 11 is 0. The molecule has 0 saturated heterocycles. The molecule has 3 aromatic carbocycles. The Balaban J connectivity index is 1.71. The van der Waals surface area contributed by atoms with E-state index in [9.17, 15) is 8.42 Å². The van der Waals surface area contributed by atoms with Crippen LogP contribution in [0.1, 0.15) is 0 Å². The van der Waals surface area contributed by atoms with E-state index in [1.54, 1.807) is 32.4 Å². The van der Waals surface area contributed by atoms with E-state index in [2.05, 4.69) is 10.3 Å². The lowest BCUT2D eigenvalue weighted by Gasteiger charge is -2.09. The summed E-state index contributed by atoms with van der Waals surface area (Å²) in [5.41, 5.74) is 3.57. The second kappa shape index (κ2) is 7.74. The van der Waals surface area contributed by atoms with Gasteiger partial charge in [-0.3, -0.25) is 0 Å². The van der Waals surface area contributed by atoms with Gasteiger partial charge in [0.2, 0.25) is 10.0 Å². The zero-order valence-corrected chi connectivity index (χ0v) is 17.3. The monoisotopic (exact) mass is 423 g/mol. The summed E-state index contributed by atoms with van der Waals surface area (Å²) in [4.78, 5) is 3.48. The van der Waals surface area contributed by atoms with Gasteiger partial charge in [-0.05, 0) is 23.8 Å². The number of nitrogens with one attached hydrogen (secondary N) is 2. The number of aromatic amines is 1. The highest BCUT2D eigenvalue weighted by molar-refractivity contribution is 7.89. The van der Waals surface area contributed by atoms with Gasteiger partial charge in [0, 0.05) is 34.8 Å². The van der Waals surface area contributed by atoms with E-state index in [4.69, 9.17) is 14.6 Å². The predicted octanol–water partition coefficient (Wildman–Crippen LogP) is 4.24. The Hall–Kier alpha value is -3.49. The SMILES string of the molecule is COc1cc(Nc2cc3cccc(-c4ccc(S(N)(=O)=O)cc4)c3[nH]2)cc(OC)c1. The summed E-state index contributed by atoms with van der Waals surface area (Å²) < 4.78 is 33.7. The average Bonchev–Trinajstić information content (AvgIpc) is 3.15. The molecule has 4 rings (SSSR count). The molecule has 0 bridgehead atoms. The van der Waals surface area contributed by atoms with Crippen LogP contribution in [-0.2, 0) is 10.0 Å². The lowest BCUT2D eigenvalue weighted by Crippen LogP contribution is -2.11. The lowest BCUT2D eigenvalue weighted by atomic mass is 10.0. The zero-order chi connectivity index (χ0) is 21.3. The molecule has 0 unspecified atom stereocenters. The maximum atomic E-state index is 11.5. The third-order valence-electron chi connectivity index (χ3n) is 4.78. The molecule has 0 spiro atoms. The van der Waals surface area contributed by atoms with Gasteiger partial charge in [0.05, 0.1) is 24.6 Å². The number of H-pyrrole nitrogens is 1. The smallest absolute Gasteiger partial charge is 0.238 e. The minimum Gasteiger partial charge on any atom is -0.497 e. The van der Waals surface area contributed by atoms with E-state index in [0.29, 0.717) is 11.5 Å². The van der Waals surface area contributed by atoms with Gasteiger partial charge in [0.25, 0.3) is 0 Å². The van der Waals surface area contributed by atoms with E-state index < -0.39 is 10.0 Å². The van der Waals surface area contributed by atoms with E-state index in [1.807, 2.05) is 36.4 Å². The predicted molar refractivity (Wildman–Crippen MR) is 118 cm³/mol. The van der Waals surface area contributed by atoms with Crippen LogP contribution in [0, 0.1) is 0 Å². The molecule has 0 amide bonds. The topological polar surface area (TPSA) is 106 Å². The van der Waals surface area contributed by atoms with Gasteiger partial charge >= 0.3 is 0 Å². The summed E-state index contributed by atoms with van der Waals surface area (Å²) in [5, 5.41) is 9.55. The van der Waals surface area contributed by atoms with Crippen LogP contribution >= 0.6 is 0 Å². The standard InChI is InChI=1S/C22H21N3O4S/c1-28-17-11-16(12-18(13-17)29-2)24-21-10-15-4-3-5-20(22(15)25-21)14-6-8-19(9-7-14)30(23,26)27/h3-13,24-25H,1-2H3,(H2,23,26,27). The summed E-state index contributed by atoms with van der Waals surface area (Å²) in [6, 6.07) is 20.0. The van der Waals surface area contributed by atoms with Crippen LogP contribution in [0.15, 0.2) is 71.6 Å². The van der Waals surface area contributed by atoms with Gasteiger partial charge in [-0.15, -0.1) is 0 Å². The summed E-state index contributed by atoms with van der Waals surface area (Å²) in [6.07, 6.45) is 0. The third kappa shape index (κ3) is 3.96. The maximum Gasteiger partial charge on any atom is 0.238 e. The number of benzene rings is 3. The highest BCUT2D eigenvalue weighted by atomic mass is 32.2. The molecule has 0 radical (unpaired) electrons. The number of sulfonamides is 1. The second-order valence-corrected chi connectivity index (χ2v) is 8.31. The van der Waals surface area contributed by atoms with Gasteiger partial charge in [0.15, 0.2) is 0 Å². The first-order valence-electron chi connectivity index (χ1n) is 9.12. The molecule has 154 valence electrons. The third-order valence-corrected chi connectivity index (χ3v) is 5.71. The fourth-order valence-corrected chi connectivity index (χ4v) is 3.84. The van der Waals surface area contributed by atoms with Gasteiger partial charge in [-0.25, -0.2) is 13.6 Å². The molecule has 1 heterocycles. The Bertz CT molecular complexity index is 1290. The van der Waals surface area contributed by atoms with E-state index in [1.165, 1.54) is 12.1 Å². The van der Waals surface area contributed by atoms with Crippen molar-refractivity contribution in [3.63, 3.8) is 0 Å². The van der Waals surface area contributed by atoms with Crippen LogP contribution in [0.2, 0.25) is 0 Å². The van der Waals surface area contributed by atoms with Crippen molar-refractivity contribution >= 4 is 32.4 Å². The van der Waals surface area contributed by atoms with Crippen molar-refractivity contribution in [1.29, 1.82) is 0 Å². The Morgan fingerprint density at radius 1 is 0.900 bits per heavy atom. The molecule has 8 heteroatoms. The minimum absolute atomic E-state index is 0.0826. The highest BCUT2D eigenvalue weighted by Crippen LogP contribution is 2.33. The molecule has 4 N–H and O–H groups in total. The molecule has 0 aliphatic carbocycles. The minimum atomic E-state index is -3.72. The maximum absolute atomic E-state index is 11.5. The zero-order valence-electron chi connectivity index (χ0n) is 16.5. The number of hydrogen-bond acceptors (Lipinski definition) is 5. The number of hydrogen-bond donors (Lipinski definition) is 3. The van der Waals surface area contributed by atoms with Gasteiger partial charge < -0.3 is 19.8 Å². The summed E-state index contributed by atoms with van der Waals surface area (Å²) in [6.45, 7) is 0. The number of ether oxygens (including phenoxy) is 2. The Morgan fingerprint density at radius 2 is 1.57 bits per heavy atom. The molecule has 0 fully saturated rings. The van der Waals surface area contributed by atoms with E-state index in [0.717, 1.165) is 33.5 Å². The number of para-hydroxylation sites is 1. The van der Waals surface area contributed by atoms with Crippen LogP contribution < -0.4 is 19.9 Å². The number of primary sulfonamides is 1. The number of anilines is 2. The molecular weight excluding hydrogens is 402 g/mol. The van der Waals surface area contributed by atoms with Gasteiger partial charge in [-0.2, -0.15) is 0 Å². The van der Waals surface area contributed by atoms with Crippen molar-refractivity contribution < 1.29 is 17.9 Å². The lowest BCUT2D eigenvalue weighted by molar-refractivity contribution is 0.395. The number of rotatable bonds is 6. The van der Waals surface area contributed by atoms with Crippen LogP contribution in [0.4, 0.5) is 11.5 Å². The highest BCUT2D eigenvalue weighted by Gasteiger charge is 2.11. The number of fused-ring (bicyclic) bond motifs is 1. The fourth-order valence-electron chi connectivity index (χ4n) is 3.32. The molecule has 0 atom stereocenters. The largest absolute Gasteiger partial charge is 0.497 e. The molecule has 4 aromatic rings. The van der Waals surface area contributed by atoms with Crippen molar-refractivity contribution in [2.75, 3.05) is 19.5 Å². The Labute approximate surface area is 174 Å². The molecule has 0 aliphatic rings. The molecule has 0 aliphatic heterocycles. The molecule has 7 nitrogen and oxygen atoms in total. The van der Waals surface area contributed by atoms with Gasteiger partial charge in [0.1, 0.15) is 17.3 Å². The summed E-state index contributed by atoms with van der Waals surface area (Å²) in [5.74, 6) is 2.17. The first-order valence-corrected chi connectivity index (χ1v) is 10.7. The molecule has 0 saturated carbocycles. The van der Waals surface area contributed by atoms with Gasteiger partial charge in [-0.1, -0.05) is 30.3 Å². The molecule has 30 heavy (non-hydrogen) atoms. The summed E-state index contributed by atoms with van der Waals surface area (Å²) in [7, 11) is -0.512. The van der Waals surface area contributed by atoms with Crippen molar-refractivity contribution in [2.45, 2.75) is 4.90 Å². The first-order chi connectivity index (χ1) is 14.4. The number of aromatic nitrogens is 1. The van der Waals surface area contributed by atoms with Crippen molar-refractivity contribution in [2.24, 2.45) is 5.14 Å². The van der Waals surface area contributed by atoms with Crippen molar-refractivity contribution in [1.82, 2.24) is 4.98 Å². The molecule has 1 aromatic heterocycles. The second-order valence-electron chi connectivity index (χ2n) is 6.75. The first kappa shape index (κ1) is 19.8. The fraction of sp³-hybridized carbons (Fsp3) is 0.0909. The quantitative estimate of drug-likeness (QED) is 0.430. The van der Waals surface area contributed by atoms with Crippen molar-refractivity contribution in [3.05, 3.63) is 66.7 Å². The van der Waals surface area contributed by atoms with Crippen LogP contribution in [0.3, 0.4) is 0 Å². The van der Waals surface area contributed by atoms with E-state index >= 15 is 0 Å². The van der Waals surface area contributed by atoms with E-state index in [-0.39, 0.29) is 4.90 Å². The average molecular weight is 423 g/mol. The van der Waals surface area contributed by atoms with Crippen LogP contribution in [-0.4, -0.2) is 27.6 Å². The Morgan fingerprint density at radius 3 is 2.17 bits per heavy atom. The number of nitrogens with two attached hydrogens (primary N) is 1.